The second-order valence-electron chi connectivity index (χ2n) is 7.33. The summed E-state index contributed by atoms with van der Waals surface area (Å²) in [6, 6.07) is 11.0. The smallest absolute Gasteiger partial charge is 0.329 e. The second kappa shape index (κ2) is 10.0. The summed E-state index contributed by atoms with van der Waals surface area (Å²) >= 11 is 0. The van der Waals surface area contributed by atoms with Crippen LogP contribution in [0, 0.1) is 12.8 Å². The molecular formula is C22H26N2O5. The van der Waals surface area contributed by atoms with E-state index in [2.05, 4.69) is 10.3 Å². The van der Waals surface area contributed by atoms with E-state index < -0.39 is 5.97 Å². The number of rotatable bonds is 8. The van der Waals surface area contributed by atoms with Crippen LogP contribution in [0.1, 0.15) is 41.6 Å². The average Bonchev–Trinajstić information content (AvgIpc) is 2.71. The van der Waals surface area contributed by atoms with Crippen LogP contribution in [0.2, 0.25) is 0 Å². The van der Waals surface area contributed by atoms with Gasteiger partial charge in [0.2, 0.25) is 5.88 Å². The van der Waals surface area contributed by atoms with E-state index >= 15 is 0 Å². The van der Waals surface area contributed by atoms with E-state index in [0.29, 0.717) is 23.8 Å². The molecule has 0 bridgehead atoms. The molecule has 7 nitrogen and oxygen atoms in total. The van der Waals surface area contributed by atoms with E-state index in [4.69, 9.17) is 14.6 Å². The van der Waals surface area contributed by atoms with Crippen molar-refractivity contribution in [2.24, 2.45) is 5.92 Å². The fourth-order valence-corrected chi connectivity index (χ4v) is 3.46. The Morgan fingerprint density at radius 2 is 1.97 bits per heavy atom. The molecule has 29 heavy (non-hydrogen) atoms. The number of nitrogens with zero attached hydrogens (tertiary/aromatic N) is 1. The molecule has 1 aromatic heterocycles. The number of carboxylic acids is 1. The zero-order valence-corrected chi connectivity index (χ0v) is 16.5. The molecule has 154 valence electrons. The van der Waals surface area contributed by atoms with E-state index in [1.165, 1.54) is 0 Å². The number of hydrogen-bond acceptors (Lipinski definition) is 5. The summed E-state index contributed by atoms with van der Waals surface area (Å²) in [5.41, 5.74) is 1.46. The van der Waals surface area contributed by atoms with Crippen LogP contribution in [0.3, 0.4) is 0 Å². The maximum Gasteiger partial charge on any atom is 0.329 e. The van der Waals surface area contributed by atoms with Crippen LogP contribution >= 0.6 is 0 Å². The number of amides is 1. The summed E-state index contributed by atoms with van der Waals surface area (Å²) in [4.78, 5) is 27.5. The van der Waals surface area contributed by atoms with Crippen molar-refractivity contribution in [1.82, 2.24) is 10.3 Å². The normalized spacial score (nSPS) is 18.8. The van der Waals surface area contributed by atoms with Gasteiger partial charge in [0, 0.05) is 12.7 Å². The minimum Gasteiger partial charge on any atom is -0.480 e. The number of aryl methyl sites for hydroxylation is 1. The summed E-state index contributed by atoms with van der Waals surface area (Å²) in [6.07, 6.45) is 4.99. The molecule has 1 aliphatic carbocycles. The number of benzene rings is 1. The maximum absolute atomic E-state index is 12.7. The van der Waals surface area contributed by atoms with Gasteiger partial charge in [-0.25, -0.2) is 9.78 Å². The highest BCUT2D eigenvalue weighted by Gasteiger charge is 2.23. The van der Waals surface area contributed by atoms with Crippen LogP contribution < -0.4 is 10.1 Å². The third kappa shape index (κ3) is 6.29. The standard InChI is InChI=1S/C22H26N2O5/c1-15-4-2-5-18(12-15)29-22-19(6-3-11-23-22)21(27)24-13-16-7-9-17(10-8-16)28-14-20(25)26/h2-6,11-12,16-17H,7-10,13-14H2,1H3,(H,24,27)(H,25,26). The molecule has 0 saturated heterocycles. The third-order valence-electron chi connectivity index (χ3n) is 5.01. The first kappa shape index (κ1) is 20.8. The SMILES string of the molecule is Cc1cccc(Oc2ncccc2C(=O)NCC2CCC(OCC(=O)O)CC2)c1. The van der Waals surface area contributed by atoms with E-state index in [0.717, 1.165) is 31.2 Å². The number of aromatic nitrogens is 1. The zero-order chi connectivity index (χ0) is 20.6. The van der Waals surface area contributed by atoms with Crippen molar-refractivity contribution >= 4 is 11.9 Å². The molecular weight excluding hydrogens is 372 g/mol. The molecule has 0 aliphatic heterocycles. The lowest BCUT2D eigenvalue weighted by atomic mass is 9.87. The molecule has 7 heteroatoms. The molecule has 2 aromatic rings. The number of carboxylic acid groups (broad SMARTS) is 1. The molecule has 1 heterocycles. The van der Waals surface area contributed by atoms with Crippen molar-refractivity contribution in [3.05, 3.63) is 53.7 Å². The second-order valence-corrected chi connectivity index (χ2v) is 7.33. The van der Waals surface area contributed by atoms with Gasteiger partial charge in [0.1, 0.15) is 17.9 Å². The van der Waals surface area contributed by atoms with Gasteiger partial charge in [0.05, 0.1) is 6.10 Å². The van der Waals surface area contributed by atoms with Crippen molar-refractivity contribution < 1.29 is 24.2 Å². The van der Waals surface area contributed by atoms with E-state index in [-0.39, 0.29) is 24.5 Å². The minimum absolute atomic E-state index is 0.00860. The van der Waals surface area contributed by atoms with Crippen LogP contribution in [0.4, 0.5) is 0 Å². The van der Waals surface area contributed by atoms with Crippen LogP contribution in [0.5, 0.6) is 11.6 Å². The highest BCUT2D eigenvalue weighted by molar-refractivity contribution is 5.96. The Balaban J connectivity index is 1.52. The number of carbonyl (C=O) groups excluding carboxylic acids is 1. The fraction of sp³-hybridized carbons (Fsp3) is 0.409. The third-order valence-corrected chi connectivity index (χ3v) is 5.01. The molecule has 3 rings (SSSR count). The molecule has 0 unspecified atom stereocenters. The number of carbonyl (C=O) groups is 2. The Labute approximate surface area is 170 Å². The van der Waals surface area contributed by atoms with Gasteiger partial charge in [0.25, 0.3) is 5.91 Å². The summed E-state index contributed by atoms with van der Waals surface area (Å²) in [5, 5.41) is 11.7. The van der Waals surface area contributed by atoms with E-state index in [1.807, 2.05) is 31.2 Å². The summed E-state index contributed by atoms with van der Waals surface area (Å²) in [7, 11) is 0. The molecule has 1 aromatic carbocycles. The largest absolute Gasteiger partial charge is 0.480 e. The quantitative estimate of drug-likeness (QED) is 0.705. The molecule has 0 spiro atoms. The lowest BCUT2D eigenvalue weighted by Crippen LogP contribution is -2.33. The van der Waals surface area contributed by atoms with Crippen molar-refractivity contribution in [2.45, 2.75) is 38.7 Å². The minimum atomic E-state index is -0.945. The first-order chi connectivity index (χ1) is 14.0. The summed E-state index contributed by atoms with van der Waals surface area (Å²) < 4.78 is 11.2. The Bertz CT molecular complexity index is 847. The molecule has 0 radical (unpaired) electrons. The van der Waals surface area contributed by atoms with Gasteiger partial charge < -0.3 is 19.9 Å². The monoisotopic (exact) mass is 398 g/mol. The molecule has 2 N–H and O–H groups in total. The molecule has 1 amide bonds. The van der Waals surface area contributed by atoms with Gasteiger partial charge in [-0.1, -0.05) is 12.1 Å². The van der Waals surface area contributed by atoms with E-state index in [9.17, 15) is 9.59 Å². The molecule has 0 atom stereocenters. The number of ether oxygens (including phenoxy) is 2. The van der Waals surface area contributed by atoms with Gasteiger partial charge >= 0.3 is 5.97 Å². The van der Waals surface area contributed by atoms with Crippen molar-refractivity contribution in [3.63, 3.8) is 0 Å². The number of hydrogen-bond donors (Lipinski definition) is 2. The first-order valence-electron chi connectivity index (χ1n) is 9.82. The molecule has 1 saturated carbocycles. The van der Waals surface area contributed by atoms with Gasteiger partial charge in [-0.05, 0) is 68.4 Å². The highest BCUT2D eigenvalue weighted by atomic mass is 16.5. The first-order valence-corrected chi connectivity index (χ1v) is 9.82. The highest BCUT2D eigenvalue weighted by Crippen LogP contribution is 2.27. The Kier molecular flexibility index (Phi) is 7.19. The van der Waals surface area contributed by atoms with Crippen molar-refractivity contribution in [2.75, 3.05) is 13.2 Å². The van der Waals surface area contributed by atoms with Crippen LogP contribution in [0.25, 0.3) is 0 Å². The molecule has 1 fully saturated rings. The summed E-state index contributed by atoms with van der Waals surface area (Å²) in [5.74, 6) is 0.102. The summed E-state index contributed by atoms with van der Waals surface area (Å²) in [6.45, 7) is 2.28. The van der Waals surface area contributed by atoms with Crippen molar-refractivity contribution in [1.29, 1.82) is 0 Å². The van der Waals surface area contributed by atoms with Gasteiger partial charge in [-0.2, -0.15) is 0 Å². The van der Waals surface area contributed by atoms with Gasteiger partial charge in [-0.15, -0.1) is 0 Å². The van der Waals surface area contributed by atoms with Crippen molar-refractivity contribution in [3.8, 4) is 11.6 Å². The van der Waals surface area contributed by atoms with Crippen LogP contribution in [0.15, 0.2) is 42.6 Å². The average molecular weight is 398 g/mol. The van der Waals surface area contributed by atoms with E-state index in [1.54, 1.807) is 18.3 Å². The Morgan fingerprint density at radius 3 is 2.69 bits per heavy atom. The fourth-order valence-electron chi connectivity index (χ4n) is 3.46. The van der Waals surface area contributed by atoms with Crippen LogP contribution in [-0.4, -0.2) is 41.2 Å². The lowest BCUT2D eigenvalue weighted by molar-refractivity contribution is -0.145. The van der Waals surface area contributed by atoms with Gasteiger partial charge in [0.15, 0.2) is 0 Å². The van der Waals surface area contributed by atoms with Crippen LogP contribution in [-0.2, 0) is 9.53 Å². The topological polar surface area (TPSA) is 97.8 Å². The lowest BCUT2D eigenvalue weighted by Gasteiger charge is -2.28. The predicted molar refractivity (Wildman–Crippen MR) is 107 cm³/mol. The maximum atomic E-state index is 12.7. The number of nitrogens with one attached hydrogen (secondary N) is 1. The zero-order valence-electron chi connectivity index (χ0n) is 16.5. The Morgan fingerprint density at radius 1 is 1.17 bits per heavy atom. The Hall–Kier alpha value is -2.93. The number of pyridine rings is 1. The van der Waals surface area contributed by atoms with Gasteiger partial charge in [-0.3, -0.25) is 4.79 Å². The number of aliphatic carboxylic acids is 1. The molecule has 1 aliphatic rings. The predicted octanol–water partition coefficient (Wildman–Crippen LogP) is 3.57.